The summed E-state index contributed by atoms with van der Waals surface area (Å²) in [6.07, 6.45) is -4.52. The Balaban J connectivity index is 0.000000453. The van der Waals surface area contributed by atoms with Gasteiger partial charge in [-0.3, -0.25) is 4.79 Å². The van der Waals surface area contributed by atoms with Crippen molar-refractivity contribution in [1.29, 1.82) is 5.26 Å². The van der Waals surface area contributed by atoms with Gasteiger partial charge in [-0.05, 0) is 44.4 Å². The zero-order valence-electron chi connectivity index (χ0n) is 29.1. The van der Waals surface area contributed by atoms with Gasteiger partial charge in [-0.25, -0.2) is 9.97 Å². The molecule has 0 aliphatic carbocycles. The van der Waals surface area contributed by atoms with E-state index in [-0.39, 0.29) is 63.6 Å². The van der Waals surface area contributed by atoms with Gasteiger partial charge in [0.1, 0.15) is 45.7 Å². The van der Waals surface area contributed by atoms with E-state index >= 15 is 0 Å². The van der Waals surface area contributed by atoms with Gasteiger partial charge in [0, 0.05) is 11.1 Å². The van der Waals surface area contributed by atoms with Gasteiger partial charge in [0.25, 0.3) is 0 Å². The number of carbonyl (C=O) groups excluding carboxylic acids is 1. The van der Waals surface area contributed by atoms with E-state index < -0.39 is 24.4 Å². The van der Waals surface area contributed by atoms with Crippen molar-refractivity contribution in [2.75, 3.05) is 10.6 Å². The minimum atomic E-state index is -4.44. The number of nitrogens with zero attached hydrogens (tertiary/aromatic N) is 7. The van der Waals surface area contributed by atoms with Crippen LogP contribution in [-0.2, 0) is 0 Å². The molecule has 284 valence electrons. The van der Waals surface area contributed by atoms with Crippen LogP contribution >= 0.6 is 23.2 Å². The van der Waals surface area contributed by atoms with E-state index in [1.165, 1.54) is 21.4 Å². The van der Waals surface area contributed by atoms with Gasteiger partial charge in [0.15, 0.2) is 17.6 Å². The molecule has 4 unspecified atom stereocenters. The topological polar surface area (TPSA) is 125 Å². The predicted octanol–water partition coefficient (Wildman–Crippen LogP) is 10.5. The van der Waals surface area contributed by atoms with Gasteiger partial charge in [-0.15, -0.1) is 0 Å². The number of fused-ring (bicyclic) bond motifs is 2. The van der Waals surface area contributed by atoms with Crippen LogP contribution in [0.3, 0.4) is 0 Å². The molecule has 4 atom stereocenters. The van der Waals surface area contributed by atoms with Crippen molar-refractivity contribution in [3.63, 3.8) is 0 Å². The maximum absolute atomic E-state index is 12.9. The Hall–Kier alpha value is -3.84. The number of carbonyl (C=O) groups is 1. The third-order valence-corrected chi connectivity index (χ3v) is 8.02. The summed E-state index contributed by atoms with van der Waals surface area (Å²) in [7, 11) is 0. The van der Waals surface area contributed by atoms with Crippen molar-refractivity contribution in [2.45, 2.75) is 119 Å². The molecule has 18 heteroatoms. The van der Waals surface area contributed by atoms with Crippen molar-refractivity contribution in [1.82, 2.24) is 29.2 Å². The van der Waals surface area contributed by atoms with Gasteiger partial charge in [0.05, 0.1) is 18.0 Å². The number of aldehydes is 1. The second kappa shape index (κ2) is 18.6. The van der Waals surface area contributed by atoms with E-state index in [1.807, 2.05) is 33.8 Å². The first kappa shape index (κ1) is 45.2. The fourth-order valence-electron chi connectivity index (χ4n) is 4.27. The molecule has 0 aromatic carbocycles. The molecule has 0 spiro atoms. The summed E-state index contributed by atoms with van der Waals surface area (Å²) in [5, 5.41) is 22.0. The zero-order chi connectivity index (χ0) is 38.3. The average Bonchev–Trinajstić information content (AvgIpc) is 3.62. The summed E-state index contributed by atoms with van der Waals surface area (Å²) in [5.41, 5.74) is 1.44. The first-order chi connectivity index (χ1) is 23.1. The monoisotopic (exact) mass is 767 g/mol. The van der Waals surface area contributed by atoms with Crippen molar-refractivity contribution in [2.24, 2.45) is 5.92 Å². The number of hydrogen-bond acceptors (Lipinski definition) is 8. The fraction of sp³-hybridized carbons (Fsp3) is 0.576. The number of halogens is 8. The Labute approximate surface area is 303 Å². The summed E-state index contributed by atoms with van der Waals surface area (Å²) in [6.45, 7) is 16.0. The second-order valence-electron chi connectivity index (χ2n) is 12.4. The lowest BCUT2D eigenvalue weighted by Crippen LogP contribution is -2.34. The normalized spacial score (nSPS) is 13.9. The Morgan fingerprint density at radius 1 is 0.784 bits per heavy atom. The van der Waals surface area contributed by atoms with Gasteiger partial charge in [-0.1, -0.05) is 79.1 Å². The maximum Gasteiger partial charge on any atom is 0.408 e. The quantitative estimate of drug-likeness (QED) is 0.0979. The summed E-state index contributed by atoms with van der Waals surface area (Å²) in [5.74, 6) is 0.788. The van der Waals surface area contributed by atoms with Crippen molar-refractivity contribution in [3.05, 3.63) is 45.0 Å². The van der Waals surface area contributed by atoms with Gasteiger partial charge in [-0.2, -0.15) is 50.8 Å². The van der Waals surface area contributed by atoms with Crippen LogP contribution in [-0.4, -0.2) is 59.9 Å². The standard InChI is InChI=1S/C14H15ClF3N5.C14H16ClF3N4O.C4H10.CH4/c1-4-7(2)10-11(15)22-12-9(5-19)6-20-23(12)13(10)21-8(3)14(16,17)18;1-4-7(2)10-11(15)21-12-9(6-23)5-19-22(12)13(10)20-8(3)14(16,17)18;1-4(2)3;/h6-8,21H,4H2,1-3H3;5-8,20H,4H2,1-3H3;4H,1-3H3;1H4. The molecule has 0 aliphatic heterocycles. The largest absolute Gasteiger partial charge is 0.408 e. The lowest BCUT2D eigenvalue weighted by molar-refractivity contribution is -0.139. The summed E-state index contributed by atoms with van der Waals surface area (Å²) in [4.78, 5) is 19.3. The van der Waals surface area contributed by atoms with E-state index in [0.29, 0.717) is 30.3 Å². The van der Waals surface area contributed by atoms with E-state index in [9.17, 15) is 31.1 Å². The van der Waals surface area contributed by atoms with E-state index in [4.69, 9.17) is 28.5 Å². The van der Waals surface area contributed by atoms with E-state index in [2.05, 4.69) is 51.6 Å². The number of alkyl halides is 6. The van der Waals surface area contributed by atoms with Gasteiger partial charge >= 0.3 is 12.4 Å². The molecule has 4 heterocycles. The molecule has 4 aromatic rings. The fourth-order valence-corrected chi connectivity index (χ4v) is 4.98. The number of anilines is 2. The highest BCUT2D eigenvalue weighted by Gasteiger charge is 2.38. The molecule has 2 N–H and O–H groups in total. The Kier molecular flexibility index (Phi) is 16.5. The minimum absolute atomic E-state index is 0. The highest BCUT2D eigenvalue weighted by Crippen LogP contribution is 2.37. The number of nitrogens with one attached hydrogen (secondary N) is 2. The Morgan fingerprint density at radius 3 is 1.51 bits per heavy atom. The van der Waals surface area contributed by atoms with Gasteiger partial charge < -0.3 is 10.6 Å². The van der Waals surface area contributed by atoms with E-state index in [1.54, 1.807) is 0 Å². The van der Waals surface area contributed by atoms with Crippen molar-refractivity contribution in [3.8, 4) is 6.07 Å². The summed E-state index contributed by atoms with van der Waals surface area (Å²) < 4.78 is 80.0. The first-order valence-corrected chi connectivity index (χ1v) is 16.6. The van der Waals surface area contributed by atoms with Crippen LogP contribution in [0.4, 0.5) is 38.0 Å². The molecule has 4 rings (SSSR count). The number of rotatable bonds is 9. The molecule has 0 amide bonds. The zero-order valence-corrected chi connectivity index (χ0v) is 30.6. The molecular formula is C33H45Cl2F6N9O. The van der Waals surface area contributed by atoms with Crippen LogP contribution in [0.1, 0.15) is 121 Å². The number of aromatic nitrogens is 6. The van der Waals surface area contributed by atoms with Crippen LogP contribution in [0.2, 0.25) is 10.3 Å². The maximum atomic E-state index is 12.9. The lowest BCUT2D eigenvalue weighted by Gasteiger charge is -2.23. The SMILES string of the molecule is C.CC(C)C.CCC(C)c1c(Cl)nc2c(C#N)cnn2c1NC(C)C(F)(F)F.CCC(C)c1c(Cl)nc2c(C=O)cnn2c1NC(C)C(F)(F)F. The molecule has 0 saturated carbocycles. The molecule has 4 aromatic heterocycles. The lowest BCUT2D eigenvalue weighted by atomic mass is 10.0. The third kappa shape index (κ3) is 11.1. The molecule has 10 nitrogen and oxygen atoms in total. The van der Waals surface area contributed by atoms with Crippen molar-refractivity contribution < 1.29 is 31.1 Å². The van der Waals surface area contributed by atoms with Gasteiger partial charge in [0.2, 0.25) is 0 Å². The van der Waals surface area contributed by atoms with Crippen LogP contribution in [0, 0.1) is 17.2 Å². The molecule has 0 saturated heterocycles. The summed E-state index contributed by atoms with van der Waals surface area (Å²) in [6, 6.07) is -1.72. The Bertz CT molecular complexity index is 1800. The average molecular weight is 769 g/mol. The van der Waals surface area contributed by atoms with Crippen LogP contribution < -0.4 is 10.6 Å². The molecule has 0 aliphatic rings. The first-order valence-electron chi connectivity index (χ1n) is 15.8. The molecule has 0 radical (unpaired) electrons. The van der Waals surface area contributed by atoms with Crippen LogP contribution in [0.5, 0.6) is 0 Å². The van der Waals surface area contributed by atoms with Crippen LogP contribution in [0.25, 0.3) is 11.3 Å². The van der Waals surface area contributed by atoms with E-state index in [0.717, 1.165) is 19.8 Å². The highest BCUT2D eigenvalue weighted by molar-refractivity contribution is 6.31. The summed E-state index contributed by atoms with van der Waals surface area (Å²) >= 11 is 12.4. The van der Waals surface area contributed by atoms with Crippen molar-refractivity contribution >= 4 is 52.4 Å². The minimum Gasteiger partial charge on any atom is -0.358 e. The molecule has 0 bridgehead atoms. The van der Waals surface area contributed by atoms with Crippen LogP contribution in [0.15, 0.2) is 12.4 Å². The molecular weight excluding hydrogens is 723 g/mol. The smallest absolute Gasteiger partial charge is 0.358 e. The Morgan fingerprint density at radius 2 is 1.16 bits per heavy atom. The number of hydrogen-bond donors (Lipinski definition) is 2. The third-order valence-electron chi connectivity index (χ3n) is 7.45. The molecule has 51 heavy (non-hydrogen) atoms. The predicted molar refractivity (Wildman–Crippen MR) is 189 cm³/mol. The highest BCUT2D eigenvalue weighted by atomic mass is 35.5. The number of nitriles is 1. The second-order valence-corrected chi connectivity index (χ2v) is 13.1. The molecule has 0 fully saturated rings.